The molecule has 0 saturated carbocycles. The maximum atomic E-state index is 13.0. The van der Waals surface area contributed by atoms with Crippen LogP contribution in [0.1, 0.15) is 6.42 Å². The van der Waals surface area contributed by atoms with Crippen molar-refractivity contribution in [2.45, 2.75) is 6.42 Å². The second kappa shape index (κ2) is 3.17. The van der Waals surface area contributed by atoms with Crippen molar-refractivity contribution in [2.75, 3.05) is 17.7 Å². The number of ether oxygens (including phenoxy) is 1. The normalized spacial score (nSPS) is 15.1. The molecule has 0 bridgehead atoms. The van der Waals surface area contributed by atoms with Crippen LogP contribution in [0.2, 0.25) is 0 Å². The number of nitrogens with one attached hydrogen (secondary N) is 1. The average molecular weight is 196 g/mol. The highest BCUT2D eigenvalue weighted by Crippen LogP contribution is 2.30. The highest BCUT2D eigenvalue weighted by molar-refractivity contribution is 5.93. The molecule has 0 spiro atoms. The molecule has 2 rings (SSSR count). The van der Waals surface area contributed by atoms with Crippen molar-refractivity contribution in [1.29, 1.82) is 0 Å². The molecular weight excluding hydrogens is 187 g/mol. The van der Waals surface area contributed by atoms with Gasteiger partial charge >= 0.3 is 0 Å². The first-order valence-electron chi connectivity index (χ1n) is 4.18. The molecule has 1 heterocycles. The van der Waals surface area contributed by atoms with Gasteiger partial charge in [-0.2, -0.15) is 0 Å². The van der Waals surface area contributed by atoms with Crippen molar-refractivity contribution in [3.63, 3.8) is 0 Å². The summed E-state index contributed by atoms with van der Waals surface area (Å²) in [6, 6.07) is 2.53. The van der Waals surface area contributed by atoms with Gasteiger partial charge in [-0.1, -0.05) is 0 Å². The van der Waals surface area contributed by atoms with E-state index in [-0.39, 0.29) is 24.6 Å². The molecule has 1 amide bonds. The highest BCUT2D eigenvalue weighted by Gasteiger charge is 2.15. The minimum Gasteiger partial charge on any atom is -0.491 e. The first-order valence-corrected chi connectivity index (χ1v) is 4.18. The molecular formula is C9H9FN2O2. The summed E-state index contributed by atoms with van der Waals surface area (Å²) in [6.07, 6.45) is 0.260. The Labute approximate surface area is 79.9 Å². The number of hydrogen-bond acceptors (Lipinski definition) is 3. The molecule has 0 aliphatic carbocycles. The third-order valence-electron chi connectivity index (χ3n) is 1.96. The number of halogens is 1. The Bertz CT molecular complexity index is 393. The number of hydrogen-bond donors (Lipinski definition) is 2. The molecule has 0 fully saturated rings. The van der Waals surface area contributed by atoms with Crippen molar-refractivity contribution in [3.8, 4) is 5.75 Å². The molecule has 1 aromatic rings. The molecule has 0 saturated heterocycles. The Hall–Kier alpha value is -1.78. The summed E-state index contributed by atoms with van der Waals surface area (Å²) >= 11 is 0. The molecule has 1 aliphatic heterocycles. The van der Waals surface area contributed by atoms with Crippen molar-refractivity contribution in [3.05, 3.63) is 17.9 Å². The number of nitrogens with two attached hydrogens (primary N) is 1. The maximum Gasteiger partial charge on any atom is 0.227 e. The van der Waals surface area contributed by atoms with Gasteiger partial charge in [0.15, 0.2) is 0 Å². The van der Waals surface area contributed by atoms with Crippen LogP contribution >= 0.6 is 0 Å². The monoisotopic (exact) mass is 196 g/mol. The topological polar surface area (TPSA) is 64.3 Å². The number of fused-ring (bicyclic) bond motifs is 1. The summed E-state index contributed by atoms with van der Waals surface area (Å²) in [6.45, 7) is 0.252. The Morgan fingerprint density at radius 3 is 3.07 bits per heavy atom. The zero-order valence-corrected chi connectivity index (χ0v) is 7.34. The molecule has 14 heavy (non-hydrogen) atoms. The fourth-order valence-electron chi connectivity index (χ4n) is 1.26. The van der Waals surface area contributed by atoms with Crippen molar-refractivity contribution >= 4 is 17.3 Å². The molecule has 3 N–H and O–H groups in total. The maximum absolute atomic E-state index is 13.0. The molecule has 1 aromatic carbocycles. The van der Waals surface area contributed by atoms with E-state index in [1.807, 2.05) is 0 Å². The molecule has 0 aromatic heterocycles. The number of amides is 1. The van der Waals surface area contributed by atoms with Gasteiger partial charge in [0.05, 0.1) is 24.4 Å². The molecule has 1 aliphatic rings. The van der Waals surface area contributed by atoms with Gasteiger partial charge in [0.2, 0.25) is 5.91 Å². The third kappa shape index (κ3) is 1.48. The van der Waals surface area contributed by atoms with Crippen molar-refractivity contribution in [2.24, 2.45) is 0 Å². The van der Waals surface area contributed by atoms with E-state index in [0.717, 1.165) is 0 Å². The summed E-state index contributed by atoms with van der Waals surface area (Å²) < 4.78 is 18.2. The smallest absolute Gasteiger partial charge is 0.227 e. The van der Waals surface area contributed by atoms with Gasteiger partial charge < -0.3 is 15.8 Å². The van der Waals surface area contributed by atoms with Gasteiger partial charge in [0, 0.05) is 6.07 Å². The van der Waals surface area contributed by atoms with Crippen molar-refractivity contribution < 1.29 is 13.9 Å². The molecule has 74 valence electrons. The summed E-state index contributed by atoms with van der Waals surface area (Å²) in [5.41, 5.74) is 5.78. The minimum absolute atomic E-state index is 0.00505. The predicted molar refractivity (Wildman–Crippen MR) is 49.6 cm³/mol. The molecule has 0 atom stereocenters. The standard InChI is InChI=1S/C9H9FN2O2/c10-5-3-8-7(4-6(5)11)12-9(13)1-2-14-8/h3-4H,1-2,11H2,(H,12,13). The van der Waals surface area contributed by atoms with Crippen LogP contribution in [0, 0.1) is 5.82 Å². The second-order valence-corrected chi connectivity index (χ2v) is 3.02. The van der Waals surface area contributed by atoms with E-state index in [1.54, 1.807) is 0 Å². The molecule has 0 unspecified atom stereocenters. The number of benzene rings is 1. The van der Waals surface area contributed by atoms with Crippen LogP contribution in [0.25, 0.3) is 0 Å². The van der Waals surface area contributed by atoms with Gasteiger partial charge in [-0.25, -0.2) is 4.39 Å². The summed E-state index contributed by atoms with van der Waals surface area (Å²) in [5, 5.41) is 2.58. The van der Waals surface area contributed by atoms with E-state index >= 15 is 0 Å². The van der Waals surface area contributed by atoms with Crippen LogP contribution in [-0.2, 0) is 4.79 Å². The average Bonchev–Trinajstić information content (AvgIpc) is 2.28. The zero-order valence-electron chi connectivity index (χ0n) is 7.34. The zero-order chi connectivity index (χ0) is 10.1. The van der Waals surface area contributed by atoms with Gasteiger partial charge in [-0.15, -0.1) is 0 Å². The van der Waals surface area contributed by atoms with Crippen molar-refractivity contribution in [1.82, 2.24) is 0 Å². The molecule has 5 heteroatoms. The van der Waals surface area contributed by atoms with Crippen LogP contribution in [-0.4, -0.2) is 12.5 Å². The highest BCUT2D eigenvalue weighted by atomic mass is 19.1. The summed E-state index contributed by atoms with van der Waals surface area (Å²) in [7, 11) is 0. The quantitative estimate of drug-likeness (QED) is 0.611. The van der Waals surface area contributed by atoms with E-state index in [2.05, 4.69) is 5.32 Å². The number of rotatable bonds is 0. The fourth-order valence-corrected chi connectivity index (χ4v) is 1.26. The first-order chi connectivity index (χ1) is 6.66. The SMILES string of the molecule is Nc1cc2c(cc1F)OCCC(=O)N2. The largest absolute Gasteiger partial charge is 0.491 e. The van der Waals surface area contributed by atoms with Gasteiger partial charge in [0.25, 0.3) is 0 Å². The van der Waals surface area contributed by atoms with Gasteiger partial charge in [-0.3, -0.25) is 4.79 Å². The summed E-state index contributed by atoms with van der Waals surface area (Å²) in [4.78, 5) is 11.1. The lowest BCUT2D eigenvalue weighted by atomic mass is 10.2. The Morgan fingerprint density at radius 1 is 1.50 bits per heavy atom. The summed E-state index contributed by atoms with van der Waals surface area (Å²) in [5.74, 6) is -0.378. The van der Waals surface area contributed by atoms with E-state index in [0.29, 0.717) is 11.4 Å². The van der Waals surface area contributed by atoms with Gasteiger partial charge in [-0.05, 0) is 6.07 Å². The third-order valence-corrected chi connectivity index (χ3v) is 1.96. The fraction of sp³-hybridized carbons (Fsp3) is 0.222. The van der Waals surface area contributed by atoms with E-state index in [1.165, 1.54) is 12.1 Å². The van der Waals surface area contributed by atoms with Crippen LogP contribution in [0.15, 0.2) is 12.1 Å². The number of carbonyl (C=O) groups excluding carboxylic acids is 1. The van der Waals surface area contributed by atoms with Crippen LogP contribution in [0.4, 0.5) is 15.8 Å². The molecule has 4 nitrogen and oxygen atoms in total. The van der Waals surface area contributed by atoms with Crippen LogP contribution in [0.5, 0.6) is 5.75 Å². The molecule has 0 radical (unpaired) electrons. The van der Waals surface area contributed by atoms with Crippen LogP contribution < -0.4 is 15.8 Å². The van der Waals surface area contributed by atoms with E-state index in [9.17, 15) is 9.18 Å². The Morgan fingerprint density at radius 2 is 2.29 bits per heavy atom. The van der Waals surface area contributed by atoms with E-state index in [4.69, 9.17) is 10.5 Å². The number of anilines is 2. The lowest BCUT2D eigenvalue weighted by Crippen LogP contribution is -2.10. The minimum atomic E-state index is -0.542. The first kappa shape index (κ1) is 8.80. The lowest BCUT2D eigenvalue weighted by Gasteiger charge is -2.07. The Kier molecular flexibility index (Phi) is 1.99. The van der Waals surface area contributed by atoms with Crippen LogP contribution in [0.3, 0.4) is 0 Å². The lowest BCUT2D eigenvalue weighted by molar-refractivity contribution is -0.116. The van der Waals surface area contributed by atoms with Gasteiger partial charge in [0.1, 0.15) is 11.6 Å². The predicted octanol–water partition coefficient (Wildman–Crippen LogP) is 1.13. The Balaban J connectivity index is 2.46. The second-order valence-electron chi connectivity index (χ2n) is 3.02. The van der Waals surface area contributed by atoms with E-state index < -0.39 is 5.82 Å². The number of carbonyl (C=O) groups is 1. The number of nitrogen functional groups attached to an aromatic ring is 1.